The van der Waals surface area contributed by atoms with Crippen LogP contribution in [0.25, 0.3) is 0 Å². The number of nitrogens with zero attached hydrogens (tertiary/aromatic N) is 3. The number of aromatic nitrogens is 3. The number of aliphatic hydroxyl groups is 1. The first-order valence-corrected chi connectivity index (χ1v) is 8.14. The summed E-state index contributed by atoms with van der Waals surface area (Å²) in [6.07, 6.45) is 2.47. The Morgan fingerprint density at radius 3 is 2.50 bits per heavy atom. The fraction of sp³-hybridized carbons (Fsp3) is 0.400. The number of thiazole rings is 1. The third-order valence-corrected chi connectivity index (χ3v) is 4.36. The maximum Gasteiger partial charge on any atom is 0.417 e. The molecule has 11 heteroatoms. The molecule has 144 valence electrons. The number of aliphatic hydroxyl groups excluding tert-OH is 1. The first-order chi connectivity index (χ1) is 11.8. The molecule has 0 atom stereocenters. The van der Waals surface area contributed by atoms with E-state index in [0.717, 1.165) is 18.4 Å². The predicted octanol–water partition coefficient (Wildman–Crippen LogP) is 0.274. The Hall–Kier alpha value is -2.30. The highest BCUT2D eigenvalue weighted by Crippen LogP contribution is 2.13. The second kappa shape index (κ2) is 11.3. The average molecular weight is 406 g/mol. The van der Waals surface area contributed by atoms with Gasteiger partial charge in [0.15, 0.2) is 12.2 Å². The number of carbonyl (C=O) groups is 2. The fourth-order valence-corrected chi connectivity index (χ4v) is 2.84. The molecule has 0 aliphatic rings. The minimum absolute atomic E-state index is 0. The molecule has 26 heavy (non-hydrogen) atoms. The van der Waals surface area contributed by atoms with E-state index in [1.807, 2.05) is 19.4 Å². The molecule has 0 aromatic carbocycles. The zero-order valence-corrected chi connectivity index (χ0v) is 16.3. The van der Waals surface area contributed by atoms with Gasteiger partial charge in [-0.15, -0.1) is 12.4 Å². The Morgan fingerprint density at radius 1 is 1.38 bits per heavy atom. The van der Waals surface area contributed by atoms with Crippen molar-refractivity contribution in [3.05, 3.63) is 33.7 Å². The van der Waals surface area contributed by atoms with E-state index < -0.39 is 11.9 Å². The van der Waals surface area contributed by atoms with Gasteiger partial charge in [0, 0.05) is 26.1 Å². The van der Waals surface area contributed by atoms with Gasteiger partial charge in [-0.25, -0.2) is 19.6 Å². The highest BCUT2D eigenvalue weighted by molar-refractivity contribution is 7.09. The van der Waals surface area contributed by atoms with E-state index in [0.29, 0.717) is 24.6 Å². The number of hydrogen-bond donors (Lipinski definition) is 3. The largest absolute Gasteiger partial charge is 0.473 e. The van der Waals surface area contributed by atoms with E-state index in [4.69, 9.17) is 15.9 Å². The molecule has 2 rings (SSSR count). The van der Waals surface area contributed by atoms with E-state index in [9.17, 15) is 9.59 Å². The van der Waals surface area contributed by atoms with Crippen molar-refractivity contribution in [3.8, 4) is 0 Å². The molecule has 0 unspecified atom stereocenters. The van der Waals surface area contributed by atoms with Gasteiger partial charge in [-0.2, -0.15) is 4.57 Å². The summed E-state index contributed by atoms with van der Waals surface area (Å²) >= 11 is 1.65. The van der Waals surface area contributed by atoms with Gasteiger partial charge in [0.05, 0.1) is 17.6 Å². The second-order valence-corrected chi connectivity index (χ2v) is 5.90. The Bertz CT molecular complexity index is 754. The monoisotopic (exact) mass is 405 g/mol. The number of nitrogen functional groups attached to an aromatic ring is 1. The smallest absolute Gasteiger partial charge is 0.417 e. The quantitative estimate of drug-likeness (QED) is 0.374. The average Bonchev–Trinajstić information content (AvgIpc) is 2.91. The number of rotatable bonds is 4. The molecule has 0 bridgehead atoms. The Balaban J connectivity index is 0.000000673. The van der Waals surface area contributed by atoms with E-state index in [1.54, 1.807) is 17.5 Å². The molecule has 2 heterocycles. The summed E-state index contributed by atoms with van der Waals surface area (Å²) < 4.78 is 5.88. The van der Waals surface area contributed by atoms with E-state index in [1.165, 1.54) is 4.88 Å². The van der Waals surface area contributed by atoms with Crippen molar-refractivity contribution in [3.63, 3.8) is 0 Å². The molecule has 0 saturated carbocycles. The number of halogens is 1. The van der Waals surface area contributed by atoms with E-state index in [2.05, 4.69) is 19.3 Å². The summed E-state index contributed by atoms with van der Waals surface area (Å²) in [6, 6.07) is 0. The molecule has 0 amide bonds. The molecule has 2 aromatic rings. The maximum absolute atomic E-state index is 9.69. The van der Waals surface area contributed by atoms with Crippen molar-refractivity contribution >= 4 is 41.5 Å². The molecule has 0 saturated heterocycles. The van der Waals surface area contributed by atoms with Gasteiger partial charge in [-0.1, -0.05) is 11.3 Å². The van der Waals surface area contributed by atoms with Crippen LogP contribution in [0.1, 0.15) is 22.0 Å². The first-order valence-electron chi connectivity index (χ1n) is 7.26. The number of esters is 1. The van der Waals surface area contributed by atoms with Crippen LogP contribution in [0, 0.1) is 13.8 Å². The molecular formula is C15H22ClN4O5S+. The molecule has 0 spiro atoms. The molecule has 0 aliphatic carbocycles. The summed E-state index contributed by atoms with van der Waals surface area (Å²) in [5, 5.41) is 16.7. The van der Waals surface area contributed by atoms with Crippen LogP contribution in [0.5, 0.6) is 0 Å². The van der Waals surface area contributed by atoms with Crippen LogP contribution >= 0.6 is 23.7 Å². The number of aliphatic carboxylic acids is 1. The Labute approximate surface area is 160 Å². The summed E-state index contributed by atoms with van der Waals surface area (Å²) in [7, 11) is 1.01. The molecule has 4 N–H and O–H groups in total. The first kappa shape index (κ1) is 23.7. The standard InChI is InChI=1S/C12H17N4OS.C3H4O4.ClH/c1-8-11(3-4-17)18-7-16(8)6-10-5-14-9(2)15-12(10)13;1-7-3(6)2(4)5;/h5,7,17H,3-4,6H2,1-2H3,(H2,13,14,15);1H3,(H,4,5);1H/q+1;;. The van der Waals surface area contributed by atoms with Gasteiger partial charge in [-0.3, -0.25) is 0 Å². The number of anilines is 1. The van der Waals surface area contributed by atoms with Gasteiger partial charge in [0.1, 0.15) is 11.6 Å². The molecule has 9 nitrogen and oxygen atoms in total. The summed E-state index contributed by atoms with van der Waals surface area (Å²) in [5.41, 5.74) is 10.0. The molecular weight excluding hydrogens is 384 g/mol. The van der Waals surface area contributed by atoms with E-state index in [-0.39, 0.29) is 19.0 Å². The van der Waals surface area contributed by atoms with Crippen molar-refractivity contribution < 1.29 is 29.1 Å². The summed E-state index contributed by atoms with van der Waals surface area (Å²) in [4.78, 5) is 28.7. The lowest BCUT2D eigenvalue weighted by atomic mass is 10.2. The fourth-order valence-electron chi connectivity index (χ4n) is 1.85. The van der Waals surface area contributed by atoms with Crippen molar-refractivity contribution in [2.24, 2.45) is 0 Å². The lowest BCUT2D eigenvalue weighted by Gasteiger charge is -2.01. The Kier molecular flexibility index (Phi) is 10.3. The van der Waals surface area contributed by atoms with Gasteiger partial charge in [0.2, 0.25) is 5.51 Å². The normalized spacial score (nSPS) is 9.54. The molecule has 2 aromatic heterocycles. The number of carboxylic acid groups (broad SMARTS) is 1. The highest BCUT2D eigenvalue weighted by atomic mass is 35.5. The van der Waals surface area contributed by atoms with Crippen LogP contribution in [-0.4, -0.2) is 45.8 Å². The lowest BCUT2D eigenvalue weighted by molar-refractivity contribution is -0.689. The van der Waals surface area contributed by atoms with Gasteiger partial charge < -0.3 is 20.7 Å². The van der Waals surface area contributed by atoms with Crippen molar-refractivity contribution in [2.75, 3.05) is 19.5 Å². The number of nitrogens with two attached hydrogens (primary N) is 1. The maximum atomic E-state index is 9.69. The number of carbonyl (C=O) groups excluding carboxylic acids is 1. The van der Waals surface area contributed by atoms with Crippen LogP contribution < -0.4 is 10.3 Å². The third-order valence-electron chi connectivity index (χ3n) is 3.21. The minimum Gasteiger partial charge on any atom is -0.473 e. The van der Waals surface area contributed by atoms with Crippen LogP contribution in [-0.2, 0) is 27.3 Å². The lowest BCUT2D eigenvalue weighted by Crippen LogP contribution is -2.35. The van der Waals surface area contributed by atoms with Crippen LogP contribution in [0.15, 0.2) is 11.7 Å². The summed E-state index contributed by atoms with van der Waals surface area (Å²) in [5.74, 6) is -1.59. The van der Waals surface area contributed by atoms with Crippen molar-refractivity contribution in [2.45, 2.75) is 26.8 Å². The van der Waals surface area contributed by atoms with Crippen LogP contribution in [0.4, 0.5) is 5.82 Å². The zero-order valence-electron chi connectivity index (χ0n) is 14.6. The second-order valence-electron chi connectivity index (χ2n) is 4.96. The number of ether oxygens (including phenoxy) is 1. The molecule has 0 radical (unpaired) electrons. The van der Waals surface area contributed by atoms with Crippen LogP contribution in [0.3, 0.4) is 0 Å². The van der Waals surface area contributed by atoms with Crippen molar-refractivity contribution in [1.29, 1.82) is 0 Å². The Morgan fingerprint density at radius 2 is 2.04 bits per heavy atom. The van der Waals surface area contributed by atoms with Crippen molar-refractivity contribution in [1.82, 2.24) is 9.97 Å². The SMILES string of the molecule is COC(=O)C(=O)O.Cc1ncc(C[n+]2csc(CCO)c2C)c(N)n1.Cl. The van der Waals surface area contributed by atoms with Crippen LogP contribution in [0.2, 0.25) is 0 Å². The number of aryl methyl sites for hydroxylation is 1. The minimum atomic E-state index is -1.57. The highest BCUT2D eigenvalue weighted by Gasteiger charge is 2.17. The summed E-state index contributed by atoms with van der Waals surface area (Å²) in [6.45, 7) is 4.71. The molecule has 0 fully saturated rings. The zero-order chi connectivity index (χ0) is 19.0. The van der Waals surface area contributed by atoms with E-state index >= 15 is 0 Å². The van der Waals surface area contributed by atoms with Gasteiger partial charge in [-0.05, 0) is 6.92 Å². The number of carboxylic acids is 1. The predicted molar refractivity (Wildman–Crippen MR) is 97.2 cm³/mol. The number of methoxy groups -OCH3 is 1. The molecule has 0 aliphatic heterocycles. The van der Waals surface area contributed by atoms with Gasteiger partial charge in [0.25, 0.3) is 0 Å². The topological polar surface area (TPSA) is 140 Å². The van der Waals surface area contributed by atoms with Gasteiger partial charge >= 0.3 is 11.9 Å². The third kappa shape index (κ3) is 6.90. The number of hydrogen-bond acceptors (Lipinski definition) is 8.